The number of aromatic hydroxyl groups is 1. The number of benzene rings is 1. The molecule has 1 N–H and O–H groups in total. The molecule has 21 heavy (non-hydrogen) atoms. The van der Waals surface area contributed by atoms with Crippen LogP contribution < -0.4 is 5.43 Å². The Morgan fingerprint density at radius 3 is 2.52 bits per heavy atom. The van der Waals surface area contributed by atoms with Gasteiger partial charge in [0.1, 0.15) is 11.6 Å². The van der Waals surface area contributed by atoms with E-state index in [1.807, 2.05) is 9.47 Å². The maximum atomic E-state index is 13.2. The maximum absolute atomic E-state index is 13.2. The van der Waals surface area contributed by atoms with Crippen molar-refractivity contribution >= 4 is 0 Å². The molecule has 3 rings (SSSR count). The van der Waals surface area contributed by atoms with Crippen LogP contribution in [0.2, 0.25) is 0 Å². The van der Waals surface area contributed by atoms with Crippen molar-refractivity contribution in [2.24, 2.45) is 0 Å². The van der Waals surface area contributed by atoms with E-state index >= 15 is 0 Å². The highest BCUT2D eigenvalue weighted by atomic mass is 19.1. The average Bonchev–Trinajstić information content (AvgIpc) is 2.39. The van der Waals surface area contributed by atoms with Gasteiger partial charge in [0, 0.05) is 44.0 Å². The SMILES string of the molecule is O=c1cc2n(cc1O)CCN(Cc1cc(F)cc(F)c1)C2. The second kappa shape index (κ2) is 5.29. The molecule has 6 heteroatoms. The van der Waals surface area contributed by atoms with Gasteiger partial charge in [0.15, 0.2) is 5.75 Å². The fourth-order valence-corrected chi connectivity index (χ4v) is 2.60. The quantitative estimate of drug-likeness (QED) is 0.919. The lowest BCUT2D eigenvalue weighted by molar-refractivity contribution is 0.209. The molecular weight excluding hydrogens is 278 g/mol. The van der Waals surface area contributed by atoms with E-state index in [4.69, 9.17) is 0 Å². The summed E-state index contributed by atoms with van der Waals surface area (Å²) in [6.07, 6.45) is 1.43. The normalized spacial score (nSPS) is 15.0. The van der Waals surface area contributed by atoms with Crippen molar-refractivity contribution < 1.29 is 13.9 Å². The molecule has 4 nitrogen and oxygen atoms in total. The molecule has 0 amide bonds. The van der Waals surface area contributed by atoms with Crippen LogP contribution >= 0.6 is 0 Å². The van der Waals surface area contributed by atoms with E-state index in [1.165, 1.54) is 24.4 Å². The van der Waals surface area contributed by atoms with Crippen molar-refractivity contribution in [1.29, 1.82) is 0 Å². The molecule has 1 aliphatic heterocycles. The summed E-state index contributed by atoms with van der Waals surface area (Å²) in [5.41, 5.74) is 0.919. The number of fused-ring (bicyclic) bond motifs is 1. The average molecular weight is 292 g/mol. The number of pyridine rings is 1. The summed E-state index contributed by atoms with van der Waals surface area (Å²) in [6.45, 7) is 2.19. The second-order valence-corrected chi connectivity index (χ2v) is 5.20. The van der Waals surface area contributed by atoms with Crippen LogP contribution in [0.25, 0.3) is 0 Å². The Hall–Kier alpha value is -2.21. The summed E-state index contributed by atoms with van der Waals surface area (Å²) in [7, 11) is 0. The highest BCUT2D eigenvalue weighted by Crippen LogP contribution is 2.17. The van der Waals surface area contributed by atoms with Gasteiger partial charge in [0.05, 0.1) is 6.20 Å². The van der Waals surface area contributed by atoms with Crippen LogP contribution in [0, 0.1) is 11.6 Å². The predicted molar refractivity (Wildman–Crippen MR) is 72.8 cm³/mol. The molecular formula is C15H14F2N2O2. The van der Waals surface area contributed by atoms with Crippen LogP contribution in [-0.4, -0.2) is 21.1 Å². The lowest BCUT2D eigenvalue weighted by atomic mass is 10.1. The summed E-state index contributed by atoms with van der Waals surface area (Å²) in [6, 6.07) is 4.86. The van der Waals surface area contributed by atoms with Gasteiger partial charge >= 0.3 is 0 Å². The molecule has 1 aromatic carbocycles. The van der Waals surface area contributed by atoms with E-state index in [0.29, 0.717) is 31.7 Å². The molecule has 2 aromatic rings. The fraction of sp³-hybridized carbons (Fsp3) is 0.267. The van der Waals surface area contributed by atoms with Gasteiger partial charge in [-0.2, -0.15) is 0 Å². The third-order valence-corrected chi connectivity index (χ3v) is 3.57. The number of hydrogen-bond donors (Lipinski definition) is 1. The van der Waals surface area contributed by atoms with Crippen LogP contribution in [0.4, 0.5) is 8.78 Å². The number of aromatic nitrogens is 1. The molecule has 0 radical (unpaired) electrons. The van der Waals surface area contributed by atoms with E-state index < -0.39 is 17.1 Å². The highest BCUT2D eigenvalue weighted by Gasteiger charge is 2.17. The Bertz CT molecular complexity index is 723. The van der Waals surface area contributed by atoms with E-state index in [0.717, 1.165) is 11.8 Å². The first-order valence-electron chi connectivity index (χ1n) is 6.61. The summed E-state index contributed by atoms with van der Waals surface area (Å²) in [5.74, 6) is -1.45. The van der Waals surface area contributed by atoms with Crippen LogP contribution in [0.5, 0.6) is 5.75 Å². The van der Waals surface area contributed by atoms with E-state index in [1.54, 1.807) is 0 Å². The minimum absolute atomic E-state index is 0.264. The minimum atomic E-state index is -0.594. The summed E-state index contributed by atoms with van der Waals surface area (Å²) in [4.78, 5) is 13.5. The van der Waals surface area contributed by atoms with Crippen molar-refractivity contribution in [3.8, 4) is 5.75 Å². The molecule has 0 saturated heterocycles. The van der Waals surface area contributed by atoms with Gasteiger partial charge in [0.25, 0.3) is 0 Å². The van der Waals surface area contributed by atoms with Gasteiger partial charge < -0.3 is 9.67 Å². The van der Waals surface area contributed by atoms with E-state index in [2.05, 4.69) is 0 Å². The van der Waals surface area contributed by atoms with Gasteiger partial charge in [-0.3, -0.25) is 9.69 Å². The first kappa shape index (κ1) is 13.8. The van der Waals surface area contributed by atoms with Gasteiger partial charge in [0.2, 0.25) is 5.43 Å². The number of halogens is 2. The second-order valence-electron chi connectivity index (χ2n) is 5.20. The summed E-state index contributed by atoms with van der Waals surface area (Å²) in [5, 5.41) is 9.41. The molecule has 110 valence electrons. The molecule has 1 aliphatic rings. The Balaban J connectivity index is 1.80. The molecule has 0 fully saturated rings. The molecule has 0 atom stereocenters. The first-order chi connectivity index (χ1) is 10.0. The van der Waals surface area contributed by atoms with E-state index in [-0.39, 0.29) is 5.75 Å². The highest BCUT2D eigenvalue weighted by molar-refractivity contribution is 5.22. The molecule has 2 heterocycles. The van der Waals surface area contributed by atoms with Crippen molar-refractivity contribution in [3.05, 3.63) is 63.6 Å². The summed E-state index contributed by atoms with van der Waals surface area (Å²) >= 11 is 0. The Labute approximate surface area is 119 Å². The smallest absolute Gasteiger partial charge is 0.223 e. The molecule has 0 bridgehead atoms. The zero-order chi connectivity index (χ0) is 15.0. The third-order valence-electron chi connectivity index (χ3n) is 3.57. The Kier molecular flexibility index (Phi) is 3.47. The first-order valence-corrected chi connectivity index (χ1v) is 6.61. The number of nitrogens with zero attached hydrogens (tertiary/aromatic N) is 2. The molecule has 0 saturated carbocycles. The van der Waals surface area contributed by atoms with Crippen LogP contribution in [0.1, 0.15) is 11.3 Å². The largest absolute Gasteiger partial charge is 0.503 e. The zero-order valence-corrected chi connectivity index (χ0v) is 11.2. The van der Waals surface area contributed by atoms with Crippen molar-refractivity contribution in [2.45, 2.75) is 19.6 Å². The minimum Gasteiger partial charge on any atom is -0.503 e. The molecule has 0 unspecified atom stereocenters. The van der Waals surface area contributed by atoms with Crippen LogP contribution in [0.3, 0.4) is 0 Å². The van der Waals surface area contributed by atoms with Crippen molar-refractivity contribution in [3.63, 3.8) is 0 Å². The van der Waals surface area contributed by atoms with Crippen molar-refractivity contribution in [1.82, 2.24) is 9.47 Å². The monoisotopic (exact) mass is 292 g/mol. The van der Waals surface area contributed by atoms with Gasteiger partial charge in [-0.1, -0.05) is 0 Å². The van der Waals surface area contributed by atoms with Gasteiger partial charge in [-0.25, -0.2) is 8.78 Å². The fourth-order valence-electron chi connectivity index (χ4n) is 2.60. The Morgan fingerprint density at radius 2 is 1.81 bits per heavy atom. The third kappa shape index (κ3) is 2.95. The predicted octanol–water partition coefficient (Wildman–Crippen LogP) is 1.85. The molecule has 0 aliphatic carbocycles. The number of rotatable bonds is 2. The Morgan fingerprint density at radius 1 is 1.10 bits per heavy atom. The standard InChI is InChI=1S/C15H14F2N2O2/c16-11-3-10(4-12(17)5-11)7-18-1-2-19-9-15(21)14(20)6-13(19)8-18/h3-6,9,21H,1-2,7-8H2. The van der Waals surface area contributed by atoms with Gasteiger partial charge in [-0.15, -0.1) is 0 Å². The molecule has 1 aromatic heterocycles. The zero-order valence-electron chi connectivity index (χ0n) is 11.2. The topological polar surface area (TPSA) is 45.5 Å². The molecule has 0 spiro atoms. The lowest BCUT2D eigenvalue weighted by Gasteiger charge is -2.30. The maximum Gasteiger partial charge on any atom is 0.223 e. The van der Waals surface area contributed by atoms with Crippen molar-refractivity contribution in [2.75, 3.05) is 6.54 Å². The van der Waals surface area contributed by atoms with E-state index in [9.17, 15) is 18.7 Å². The van der Waals surface area contributed by atoms with Crippen LogP contribution in [-0.2, 0) is 19.6 Å². The number of hydrogen-bond acceptors (Lipinski definition) is 3. The van der Waals surface area contributed by atoms with Crippen LogP contribution in [0.15, 0.2) is 35.3 Å². The summed E-state index contributed by atoms with van der Waals surface area (Å²) < 4.78 is 28.2. The van der Waals surface area contributed by atoms with Gasteiger partial charge in [-0.05, 0) is 17.7 Å². The lowest BCUT2D eigenvalue weighted by Crippen LogP contribution is -2.34.